The Morgan fingerprint density at radius 1 is 0.419 bits per heavy atom. The van der Waals surface area contributed by atoms with Crippen LogP contribution in [0.15, 0.2) is 201 Å². The van der Waals surface area contributed by atoms with E-state index in [2.05, 4.69) is 71.9 Å². The van der Waals surface area contributed by atoms with Gasteiger partial charge in [0.15, 0.2) is 0 Å². The molecule has 2 aliphatic heterocycles. The van der Waals surface area contributed by atoms with Crippen LogP contribution in [-0.2, 0) is 10.9 Å². The third-order valence-electron chi connectivity index (χ3n) is 15.7. The highest BCUT2D eigenvalue weighted by atomic mass is 35.5. The summed E-state index contributed by atoms with van der Waals surface area (Å²) in [5.41, 5.74) is 4.26. The van der Waals surface area contributed by atoms with Gasteiger partial charge < -0.3 is 66.0 Å². The molecule has 0 atom stereocenters. The first-order valence-corrected chi connectivity index (χ1v) is 33.0. The van der Waals surface area contributed by atoms with E-state index in [0.29, 0.717) is 74.5 Å². The average Bonchev–Trinajstić information content (AvgIpc) is 1.66. The fourth-order valence-electron chi connectivity index (χ4n) is 11.0. The average molecular weight is 1450 g/mol. The van der Waals surface area contributed by atoms with Crippen molar-refractivity contribution in [3.8, 4) is 34.5 Å². The maximum atomic E-state index is 14.3. The normalized spacial score (nSPS) is 12.5. The third kappa shape index (κ3) is 20.6. The van der Waals surface area contributed by atoms with Gasteiger partial charge in [-0.2, -0.15) is 13.2 Å². The van der Waals surface area contributed by atoms with Gasteiger partial charge in [-0.15, -0.1) is 0 Å². The van der Waals surface area contributed by atoms with Gasteiger partial charge >= 0.3 is 24.3 Å². The lowest BCUT2D eigenvalue weighted by atomic mass is 10.2. The number of hydrogen-bond donors (Lipinski definition) is 7. The molecular weight excluding hydrogens is 1390 g/mol. The molecule has 9 aromatic carbocycles. The Balaban J connectivity index is 0.000000148. The van der Waals surface area contributed by atoms with Crippen molar-refractivity contribution in [3.05, 3.63) is 234 Å². The van der Waals surface area contributed by atoms with Gasteiger partial charge in [0, 0.05) is 134 Å². The number of urea groups is 3. The molecule has 6 amide bonds. The van der Waals surface area contributed by atoms with Gasteiger partial charge in [0.05, 0.1) is 63.9 Å². The second-order valence-corrected chi connectivity index (χ2v) is 24.1. The molecule has 3 aromatic heterocycles. The van der Waals surface area contributed by atoms with Crippen LogP contribution in [0.4, 0.5) is 96.7 Å². The molecule has 2 saturated heterocycles. The Bertz CT molecular complexity index is 5140. The molecule has 0 spiro atoms. The van der Waals surface area contributed by atoms with Crippen molar-refractivity contribution in [3.63, 3.8) is 0 Å². The number of methoxy groups -OCH3 is 1. The second-order valence-electron chi connectivity index (χ2n) is 23.6. The summed E-state index contributed by atoms with van der Waals surface area (Å²) in [4.78, 5) is 68.4. The Hall–Kier alpha value is -12.6. The lowest BCUT2D eigenvalue weighted by molar-refractivity contribution is -0.137. The molecule has 2 fully saturated rings. The number of hydrogen-bond acceptors (Lipinski definition) is 16. The zero-order chi connectivity index (χ0) is 73.4. The van der Waals surface area contributed by atoms with E-state index in [4.69, 9.17) is 35.5 Å². The van der Waals surface area contributed by atoms with Crippen LogP contribution in [0.2, 0.25) is 5.02 Å². The third-order valence-corrected chi connectivity index (χ3v) is 15.9. The van der Waals surface area contributed by atoms with Crippen LogP contribution in [0.5, 0.6) is 34.5 Å². The molecular formula is C75H63ClF7N15O7. The number of carbonyl (C=O) groups excluding carboxylic acids is 3. The first kappa shape index (κ1) is 72.2. The van der Waals surface area contributed by atoms with Crippen LogP contribution >= 0.6 is 11.6 Å². The molecule has 12 aromatic rings. The van der Waals surface area contributed by atoms with Crippen LogP contribution in [0.1, 0.15) is 31.2 Å². The quantitative estimate of drug-likeness (QED) is 0.0311. The molecule has 105 heavy (non-hydrogen) atoms. The summed E-state index contributed by atoms with van der Waals surface area (Å²) in [6, 6.07) is 41.2. The fourth-order valence-corrected chi connectivity index (χ4v) is 11.2. The molecule has 22 nitrogen and oxygen atoms in total. The molecule has 0 unspecified atom stereocenters. The van der Waals surface area contributed by atoms with Crippen LogP contribution < -0.4 is 61.2 Å². The minimum atomic E-state index is -4.55. The minimum Gasteiger partial charge on any atom is -0.457 e. The number of nitrogens with one attached hydrogen (secondary N) is 7. The predicted octanol–water partition coefficient (Wildman–Crippen LogP) is 18.7. The van der Waals surface area contributed by atoms with Crippen molar-refractivity contribution in [2.75, 3.05) is 93.5 Å². The van der Waals surface area contributed by atoms with Crippen molar-refractivity contribution in [1.82, 2.24) is 29.9 Å². The number of aromatic nitrogens is 6. The van der Waals surface area contributed by atoms with E-state index in [9.17, 15) is 45.1 Å². The van der Waals surface area contributed by atoms with Crippen molar-refractivity contribution in [2.45, 2.75) is 31.9 Å². The lowest BCUT2D eigenvalue weighted by Crippen LogP contribution is -2.20. The summed E-state index contributed by atoms with van der Waals surface area (Å²) in [6.07, 6.45) is 5.11. The van der Waals surface area contributed by atoms with E-state index in [0.717, 1.165) is 99.3 Å². The second kappa shape index (κ2) is 33.4. The number of anilines is 9. The number of benzene rings is 9. The molecule has 5 heterocycles. The summed E-state index contributed by atoms with van der Waals surface area (Å²) in [5.74, 6) is 1.69. The Labute approximate surface area is 599 Å². The summed E-state index contributed by atoms with van der Waals surface area (Å²) in [5, 5.41) is 18.6. The lowest BCUT2D eigenvalue weighted by Gasteiger charge is -2.16. The zero-order valence-corrected chi connectivity index (χ0v) is 56.3. The van der Waals surface area contributed by atoms with E-state index in [-0.39, 0.29) is 45.7 Å². The number of nitrogens with zero attached hydrogens (tertiary/aromatic N) is 8. The smallest absolute Gasteiger partial charge is 0.416 e. The number of alkyl halides is 3. The monoisotopic (exact) mass is 1450 g/mol. The van der Waals surface area contributed by atoms with Crippen molar-refractivity contribution >= 4 is 114 Å². The Morgan fingerprint density at radius 3 is 1.24 bits per heavy atom. The van der Waals surface area contributed by atoms with Crippen molar-refractivity contribution in [1.29, 1.82) is 0 Å². The van der Waals surface area contributed by atoms with Gasteiger partial charge in [-0.3, -0.25) is 15.0 Å². The minimum absolute atomic E-state index is 0.0522. The summed E-state index contributed by atoms with van der Waals surface area (Å²) in [7, 11) is 1.61. The highest BCUT2D eigenvalue weighted by Gasteiger charge is 2.31. The van der Waals surface area contributed by atoms with E-state index in [1.165, 1.54) is 72.8 Å². The standard InChI is InChI=1S/C26H21F4N5O2.C25H21ClFN5O2.C24H21F2N5O3/c27-17-11-19(33-25(36)32-18-5-3-4-16(10-18)26(28,29)30)13-21(12-17)37-20-6-7-22-23(14-20)34-24(15-31-22)35-8-1-2-9-35;26-16-4-3-5-18(10-16)29-25(33)30-19-11-17(27)12-21(13-19)34-20-6-7-22-23(14-20)31-24(15-28-22)32-8-1-2-9-32;1-33-8-7-27-23-14-28-21-6-5-19(13-22(21)31-23)34-20-11-16(26)10-18(12-20)30-24(32)29-17-4-2-3-15(25)9-17/h3-7,10-15H,1-2,8-9H2,(H2,32,33,36);3-7,10-15H,1-2,8-9H2,(H2,29,30,33);2-6,9-14H,7-8H2,1H3,(H,27,31)(H2,29,30,32). The maximum absolute atomic E-state index is 14.3. The van der Waals surface area contributed by atoms with Crippen molar-refractivity contribution in [2.24, 2.45) is 0 Å². The van der Waals surface area contributed by atoms with Crippen molar-refractivity contribution < 1.29 is 64.1 Å². The van der Waals surface area contributed by atoms with Gasteiger partial charge in [-0.05, 0) is 135 Å². The molecule has 536 valence electrons. The van der Waals surface area contributed by atoms with Gasteiger partial charge in [0.2, 0.25) is 0 Å². The van der Waals surface area contributed by atoms with Crippen LogP contribution in [0, 0.1) is 23.3 Å². The highest BCUT2D eigenvalue weighted by molar-refractivity contribution is 6.31. The fraction of sp³-hybridized carbons (Fsp3) is 0.160. The van der Waals surface area contributed by atoms with E-state index >= 15 is 0 Å². The number of amides is 6. The number of carbonyl (C=O) groups is 3. The maximum Gasteiger partial charge on any atom is 0.416 e. The summed E-state index contributed by atoms with van der Waals surface area (Å²) < 4.78 is 117. The van der Waals surface area contributed by atoms with Crippen LogP contribution in [0.3, 0.4) is 0 Å². The number of ether oxygens (including phenoxy) is 4. The Kier molecular flexibility index (Phi) is 23.0. The predicted molar refractivity (Wildman–Crippen MR) is 389 cm³/mol. The first-order valence-electron chi connectivity index (χ1n) is 32.6. The highest BCUT2D eigenvalue weighted by Crippen LogP contribution is 2.35. The van der Waals surface area contributed by atoms with Gasteiger partial charge in [-0.25, -0.2) is 46.9 Å². The van der Waals surface area contributed by atoms with Crippen LogP contribution in [0.25, 0.3) is 33.1 Å². The van der Waals surface area contributed by atoms with Crippen LogP contribution in [-0.4, -0.2) is 94.4 Å². The molecule has 0 bridgehead atoms. The SMILES string of the molecule is COCCNc1cnc2ccc(Oc3cc(F)cc(NC(=O)Nc4cccc(F)c4)c3)cc2n1.O=C(Nc1cc(F)cc(Oc2ccc3ncc(N4CCCC4)nc3c2)c1)Nc1cccc(C(F)(F)F)c1.O=C(Nc1cccc(Cl)c1)Nc1cc(F)cc(Oc2ccc3ncc(N4CCCC4)nc3c2)c1. The molecule has 7 N–H and O–H groups in total. The molecule has 14 rings (SSSR count). The molecule has 2 aliphatic rings. The van der Waals surface area contributed by atoms with E-state index in [1.54, 1.807) is 98.5 Å². The topological polar surface area (TPSA) is 256 Å². The van der Waals surface area contributed by atoms with E-state index < -0.39 is 53.1 Å². The largest absolute Gasteiger partial charge is 0.457 e. The number of fused-ring (bicyclic) bond motifs is 3. The number of rotatable bonds is 18. The number of halogens is 8. The van der Waals surface area contributed by atoms with Gasteiger partial charge in [0.1, 0.15) is 75.2 Å². The van der Waals surface area contributed by atoms with E-state index in [1.807, 2.05) is 6.07 Å². The molecule has 0 saturated carbocycles. The molecule has 30 heteroatoms. The van der Waals surface area contributed by atoms with Gasteiger partial charge in [0.25, 0.3) is 0 Å². The molecule has 0 radical (unpaired) electrons. The summed E-state index contributed by atoms with van der Waals surface area (Å²) in [6.45, 7) is 4.91. The first-order chi connectivity index (χ1) is 50.7. The van der Waals surface area contributed by atoms with Gasteiger partial charge in [-0.1, -0.05) is 29.8 Å². The molecule has 0 aliphatic carbocycles. The summed E-state index contributed by atoms with van der Waals surface area (Å²) >= 11 is 5.94. The Morgan fingerprint density at radius 2 is 0.810 bits per heavy atom. The zero-order valence-electron chi connectivity index (χ0n) is 55.6.